The second-order valence-corrected chi connectivity index (χ2v) is 7.86. The molecule has 0 saturated heterocycles. The van der Waals surface area contributed by atoms with E-state index in [-0.39, 0.29) is 12.0 Å². The van der Waals surface area contributed by atoms with E-state index in [1.165, 1.54) is 0 Å². The molecule has 1 heterocycles. The third kappa shape index (κ3) is 5.45. The van der Waals surface area contributed by atoms with E-state index in [4.69, 9.17) is 0 Å². The summed E-state index contributed by atoms with van der Waals surface area (Å²) < 4.78 is 29.3. The summed E-state index contributed by atoms with van der Waals surface area (Å²) in [6.07, 6.45) is 2.79. The summed E-state index contributed by atoms with van der Waals surface area (Å²) in [4.78, 5) is 0.352. The normalized spacial score (nSPS) is 12.5. The smallest absolute Gasteiger partial charge is 0.242 e. The van der Waals surface area contributed by atoms with Crippen molar-refractivity contribution in [3.05, 3.63) is 18.0 Å². The Morgan fingerprint density at radius 2 is 1.90 bits per heavy atom. The third-order valence-electron chi connectivity index (χ3n) is 3.19. The first-order chi connectivity index (χ1) is 9.77. The van der Waals surface area contributed by atoms with E-state index in [0.29, 0.717) is 18.0 Å². The highest BCUT2D eigenvalue weighted by molar-refractivity contribution is 7.89. The van der Waals surface area contributed by atoms with Crippen LogP contribution < -0.4 is 10.0 Å². The molecule has 0 aliphatic carbocycles. The van der Waals surface area contributed by atoms with Gasteiger partial charge >= 0.3 is 0 Å². The van der Waals surface area contributed by atoms with Crippen LogP contribution in [0.5, 0.6) is 0 Å². The topological polar surface area (TPSA) is 63.1 Å². The van der Waals surface area contributed by atoms with Crippen molar-refractivity contribution in [3.8, 4) is 0 Å². The van der Waals surface area contributed by atoms with Crippen LogP contribution in [0.2, 0.25) is 0 Å². The predicted octanol–water partition coefficient (Wildman–Crippen LogP) is 2.50. The number of aromatic nitrogens is 1. The first-order valence-corrected chi connectivity index (χ1v) is 9.17. The van der Waals surface area contributed by atoms with E-state index in [1.807, 2.05) is 18.4 Å². The van der Waals surface area contributed by atoms with Crippen molar-refractivity contribution >= 4 is 10.0 Å². The van der Waals surface area contributed by atoms with Crippen LogP contribution in [0.1, 0.15) is 52.8 Å². The van der Waals surface area contributed by atoms with Crippen molar-refractivity contribution in [2.45, 2.75) is 58.5 Å². The maximum atomic E-state index is 12.3. The summed E-state index contributed by atoms with van der Waals surface area (Å²) in [6, 6.07) is 2.00. The largest absolute Gasteiger partial charge is 0.346 e. The Hall–Kier alpha value is -0.850. The number of nitrogens with zero attached hydrogens (tertiary/aromatic N) is 1. The average Bonchev–Trinajstić information content (AvgIpc) is 2.82. The van der Waals surface area contributed by atoms with Crippen LogP contribution >= 0.6 is 0 Å². The van der Waals surface area contributed by atoms with E-state index in [1.54, 1.807) is 12.3 Å². The minimum absolute atomic E-state index is 0.234. The summed E-state index contributed by atoms with van der Waals surface area (Å²) in [5, 5.41) is 3.33. The third-order valence-corrected chi connectivity index (χ3v) is 4.58. The molecule has 0 bridgehead atoms. The van der Waals surface area contributed by atoms with Crippen molar-refractivity contribution < 1.29 is 8.42 Å². The van der Waals surface area contributed by atoms with Gasteiger partial charge in [0.05, 0.1) is 4.90 Å². The Bertz CT molecular complexity index is 533. The maximum absolute atomic E-state index is 12.3. The predicted molar refractivity (Wildman–Crippen MR) is 86.8 cm³/mol. The van der Waals surface area contributed by atoms with Crippen molar-refractivity contribution in [2.75, 3.05) is 13.1 Å². The molecule has 0 unspecified atom stereocenters. The van der Waals surface area contributed by atoms with Gasteiger partial charge in [0.1, 0.15) is 0 Å². The van der Waals surface area contributed by atoms with E-state index in [9.17, 15) is 8.42 Å². The molecule has 1 aromatic rings. The molecule has 5 nitrogen and oxygen atoms in total. The highest BCUT2D eigenvalue weighted by atomic mass is 32.2. The molecule has 122 valence electrons. The molecule has 2 N–H and O–H groups in total. The van der Waals surface area contributed by atoms with Gasteiger partial charge in [0, 0.05) is 31.0 Å². The Kier molecular flexibility index (Phi) is 6.90. The minimum atomic E-state index is -3.42. The average molecular weight is 315 g/mol. The summed E-state index contributed by atoms with van der Waals surface area (Å²) in [7, 11) is -3.42. The van der Waals surface area contributed by atoms with Crippen LogP contribution in [0, 0.1) is 5.92 Å². The van der Waals surface area contributed by atoms with E-state index in [0.717, 1.165) is 18.7 Å². The van der Waals surface area contributed by atoms with Gasteiger partial charge in [0.25, 0.3) is 0 Å². The molecule has 0 atom stereocenters. The van der Waals surface area contributed by atoms with Gasteiger partial charge in [-0.05, 0) is 38.8 Å². The molecule has 0 fully saturated rings. The standard InChI is InChI=1S/C15H29N3O2S/c1-6-7-16-10-14-8-15(11-18(14)13(4)5)21(19,20)17-9-12(2)3/h8,11-13,16-17H,6-7,9-10H2,1-5H3. The Morgan fingerprint density at radius 3 is 2.43 bits per heavy atom. The van der Waals surface area contributed by atoms with E-state index >= 15 is 0 Å². The molecule has 0 aliphatic heterocycles. The fraction of sp³-hybridized carbons (Fsp3) is 0.733. The first-order valence-electron chi connectivity index (χ1n) is 7.69. The van der Waals surface area contributed by atoms with Gasteiger partial charge in [0.2, 0.25) is 10.0 Å². The lowest BCUT2D eigenvalue weighted by Gasteiger charge is -2.13. The molecule has 0 radical (unpaired) electrons. The monoisotopic (exact) mass is 315 g/mol. The molecule has 0 aromatic carbocycles. The molecule has 0 saturated carbocycles. The molecular formula is C15H29N3O2S. The summed E-state index contributed by atoms with van der Waals surface area (Å²) >= 11 is 0. The Labute approximate surface area is 129 Å². The molecule has 0 amide bonds. The fourth-order valence-corrected chi connectivity index (χ4v) is 3.28. The first kappa shape index (κ1) is 18.2. The molecule has 6 heteroatoms. The second kappa shape index (κ2) is 7.96. The molecular weight excluding hydrogens is 286 g/mol. The van der Waals surface area contributed by atoms with Crippen LogP contribution in [0.3, 0.4) is 0 Å². The van der Waals surface area contributed by atoms with Crippen LogP contribution in [0.4, 0.5) is 0 Å². The SMILES string of the molecule is CCCNCc1cc(S(=O)(=O)NCC(C)C)cn1C(C)C. The van der Waals surface area contributed by atoms with E-state index in [2.05, 4.69) is 30.8 Å². The number of hydrogen-bond donors (Lipinski definition) is 2. The molecule has 0 spiro atoms. The minimum Gasteiger partial charge on any atom is -0.346 e. The molecule has 21 heavy (non-hydrogen) atoms. The summed E-state index contributed by atoms with van der Waals surface area (Å²) in [5.74, 6) is 0.289. The van der Waals surface area contributed by atoms with Gasteiger partial charge in [-0.2, -0.15) is 0 Å². The lowest BCUT2D eigenvalue weighted by molar-refractivity contribution is 0.547. The van der Waals surface area contributed by atoms with Crippen molar-refractivity contribution in [2.24, 2.45) is 5.92 Å². The zero-order chi connectivity index (χ0) is 16.0. The van der Waals surface area contributed by atoms with Crippen LogP contribution in [-0.2, 0) is 16.6 Å². The molecule has 0 aliphatic rings. The molecule has 1 rings (SSSR count). The lowest BCUT2D eigenvalue weighted by Crippen LogP contribution is -2.27. The molecule has 1 aromatic heterocycles. The zero-order valence-corrected chi connectivity index (χ0v) is 14.6. The van der Waals surface area contributed by atoms with Crippen molar-refractivity contribution in [3.63, 3.8) is 0 Å². The van der Waals surface area contributed by atoms with E-state index < -0.39 is 10.0 Å². The van der Waals surface area contributed by atoms with Gasteiger partial charge in [-0.1, -0.05) is 20.8 Å². The Morgan fingerprint density at radius 1 is 1.24 bits per heavy atom. The maximum Gasteiger partial charge on any atom is 0.242 e. The van der Waals surface area contributed by atoms with Gasteiger partial charge in [-0.15, -0.1) is 0 Å². The summed E-state index contributed by atoms with van der Waals surface area (Å²) in [5.41, 5.74) is 1.00. The quantitative estimate of drug-likeness (QED) is 0.688. The van der Waals surface area contributed by atoms with Crippen molar-refractivity contribution in [1.82, 2.24) is 14.6 Å². The van der Waals surface area contributed by atoms with Gasteiger partial charge in [-0.25, -0.2) is 13.1 Å². The zero-order valence-electron chi connectivity index (χ0n) is 13.8. The number of hydrogen-bond acceptors (Lipinski definition) is 3. The van der Waals surface area contributed by atoms with Gasteiger partial charge in [-0.3, -0.25) is 0 Å². The summed E-state index contributed by atoms with van der Waals surface area (Å²) in [6.45, 7) is 12.3. The van der Waals surface area contributed by atoms with Crippen LogP contribution in [0.15, 0.2) is 17.2 Å². The fourth-order valence-electron chi connectivity index (χ4n) is 2.02. The lowest BCUT2D eigenvalue weighted by atomic mass is 10.2. The van der Waals surface area contributed by atoms with Crippen LogP contribution in [0.25, 0.3) is 0 Å². The number of nitrogens with one attached hydrogen (secondary N) is 2. The van der Waals surface area contributed by atoms with Crippen LogP contribution in [-0.4, -0.2) is 26.1 Å². The Balaban J connectivity index is 2.95. The number of sulfonamides is 1. The van der Waals surface area contributed by atoms with Crippen molar-refractivity contribution in [1.29, 1.82) is 0 Å². The van der Waals surface area contributed by atoms with Gasteiger partial charge < -0.3 is 9.88 Å². The van der Waals surface area contributed by atoms with Gasteiger partial charge in [0.15, 0.2) is 0 Å². The highest BCUT2D eigenvalue weighted by Crippen LogP contribution is 2.19. The highest BCUT2D eigenvalue weighted by Gasteiger charge is 2.19. The second-order valence-electron chi connectivity index (χ2n) is 6.09. The number of rotatable bonds is 9.